The fraction of sp³-hybridized carbons (Fsp3) is 0.559. The van der Waals surface area contributed by atoms with Crippen LogP contribution in [0, 0.1) is 13.8 Å². The number of aryl methyl sites for hydroxylation is 2. The number of piperazine rings is 1. The van der Waals surface area contributed by atoms with Crippen LogP contribution in [0.3, 0.4) is 0 Å². The molecular weight excluding hydrogens is 492 g/mol. The Balaban J connectivity index is 1.15. The molecule has 40 heavy (non-hydrogen) atoms. The zero-order valence-corrected chi connectivity index (χ0v) is 25.1. The van der Waals surface area contributed by atoms with Crippen molar-refractivity contribution >= 4 is 28.0 Å². The average molecular weight is 541 g/mol. The average Bonchev–Trinajstić information content (AvgIpc) is 3.01. The smallest absolute Gasteiger partial charge is 0.0839 e. The number of hydrogen-bond donors (Lipinski definition) is 0. The van der Waals surface area contributed by atoms with Crippen LogP contribution in [0.2, 0.25) is 0 Å². The number of anilines is 3. The number of benzene rings is 2. The highest BCUT2D eigenvalue weighted by Crippen LogP contribution is 2.40. The Bertz CT molecular complexity index is 1270. The molecular formula is C34H48N6. The van der Waals surface area contributed by atoms with Crippen LogP contribution in [0.15, 0.2) is 48.7 Å². The van der Waals surface area contributed by atoms with E-state index in [1.807, 2.05) is 0 Å². The van der Waals surface area contributed by atoms with Crippen LogP contribution in [0.25, 0.3) is 10.9 Å². The lowest BCUT2D eigenvalue weighted by Gasteiger charge is -2.46. The van der Waals surface area contributed by atoms with Gasteiger partial charge in [-0.15, -0.1) is 0 Å². The molecule has 0 atom stereocenters. The quantitative estimate of drug-likeness (QED) is 0.399. The summed E-state index contributed by atoms with van der Waals surface area (Å²) in [6.07, 6.45) is 7.26. The molecule has 0 radical (unpaired) electrons. The van der Waals surface area contributed by atoms with Gasteiger partial charge in [-0.25, -0.2) is 0 Å². The molecule has 2 aromatic carbocycles. The zero-order valence-electron chi connectivity index (χ0n) is 25.1. The van der Waals surface area contributed by atoms with Crippen LogP contribution in [-0.4, -0.2) is 97.7 Å². The fourth-order valence-electron chi connectivity index (χ4n) is 7.29. The molecule has 3 aliphatic heterocycles. The fourth-order valence-corrected chi connectivity index (χ4v) is 7.29. The molecule has 214 valence electrons. The largest absolute Gasteiger partial charge is 0.369 e. The topological polar surface area (TPSA) is 29.1 Å². The molecule has 6 nitrogen and oxygen atoms in total. The lowest BCUT2D eigenvalue weighted by atomic mass is 9.98. The van der Waals surface area contributed by atoms with Gasteiger partial charge in [0, 0.05) is 69.5 Å². The van der Waals surface area contributed by atoms with Gasteiger partial charge in [-0.05, 0) is 83.4 Å². The molecule has 0 amide bonds. The molecule has 3 aliphatic rings. The molecule has 3 saturated heterocycles. The number of piperidine rings is 2. The Kier molecular flexibility index (Phi) is 8.29. The highest BCUT2D eigenvalue weighted by Gasteiger charge is 2.32. The number of hydrogen-bond acceptors (Lipinski definition) is 6. The van der Waals surface area contributed by atoms with Gasteiger partial charge < -0.3 is 14.7 Å². The molecule has 3 aromatic rings. The second-order valence-corrected chi connectivity index (χ2v) is 12.4. The molecule has 6 heteroatoms. The van der Waals surface area contributed by atoms with E-state index in [2.05, 4.69) is 101 Å². The van der Waals surface area contributed by atoms with Crippen molar-refractivity contribution in [1.82, 2.24) is 19.7 Å². The molecule has 0 bridgehead atoms. The van der Waals surface area contributed by atoms with Gasteiger partial charge in [0.25, 0.3) is 0 Å². The van der Waals surface area contributed by atoms with Gasteiger partial charge in [0.15, 0.2) is 0 Å². The van der Waals surface area contributed by atoms with Crippen molar-refractivity contribution in [2.75, 3.05) is 75.8 Å². The highest BCUT2D eigenvalue weighted by atomic mass is 15.3. The van der Waals surface area contributed by atoms with Crippen LogP contribution >= 0.6 is 0 Å². The van der Waals surface area contributed by atoms with E-state index < -0.39 is 0 Å². The molecule has 3 fully saturated rings. The minimum absolute atomic E-state index is 0.702. The van der Waals surface area contributed by atoms with Crippen LogP contribution < -0.4 is 9.80 Å². The maximum atomic E-state index is 4.90. The Morgan fingerprint density at radius 2 is 1.32 bits per heavy atom. The van der Waals surface area contributed by atoms with Crippen LogP contribution in [-0.2, 0) is 0 Å². The van der Waals surface area contributed by atoms with E-state index in [0.29, 0.717) is 6.04 Å². The summed E-state index contributed by atoms with van der Waals surface area (Å²) in [5.74, 6) is 0. The third kappa shape index (κ3) is 5.72. The molecule has 0 unspecified atom stereocenters. The number of likely N-dealkylation sites (tertiary alicyclic amines) is 1. The standard InChI is InChI=1S/C34H48N6/c1-5-37-16-12-29(13-17-37)38-20-22-39(23-21-38)30-14-18-40(19-15-30)34-31-24-27(3)8-11-32(31)35-25-33(34)36(4)28-9-6-26(2)7-10-28/h6-11,24-25,29-30H,5,12-23H2,1-4H3. The predicted octanol–water partition coefficient (Wildman–Crippen LogP) is 5.69. The van der Waals surface area contributed by atoms with Crippen LogP contribution in [0.4, 0.5) is 17.1 Å². The van der Waals surface area contributed by atoms with Gasteiger partial charge in [0.1, 0.15) is 0 Å². The molecule has 0 spiro atoms. The van der Waals surface area contributed by atoms with Crippen molar-refractivity contribution in [3.05, 3.63) is 59.8 Å². The molecule has 6 rings (SSSR count). The zero-order chi connectivity index (χ0) is 27.6. The Morgan fingerprint density at radius 3 is 1.93 bits per heavy atom. The number of aromatic nitrogens is 1. The number of nitrogens with zero attached hydrogens (tertiary/aromatic N) is 6. The number of fused-ring (bicyclic) bond motifs is 1. The van der Waals surface area contributed by atoms with Gasteiger partial charge in [-0.3, -0.25) is 14.8 Å². The van der Waals surface area contributed by atoms with Crippen molar-refractivity contribution in [3.8, 4) is 0 Å². The van der Waals surface area contributed by atoms with E-state index >= 15 is 0 Å². The first-order valence-corrected chi connectivity index (χ1v) is 15.7. The van der Waals surface area contributed by atoms with E-state index in [-0.39, 0.29) is 0 Å². The summed E-state index contributed by atoms with van der Waals surface area (Å²) in [7, 11) is 2.19. The third-order valence-electron chi connectivity index (χ3n) is 9.93. The van der Waals surface area contributed by atoms with E-state index in [4.69, 9.17) is 4.98 Å². The second-order valence-electron chi connectivity index (χ2n) is 12.4. The maximum absolute atomic E-state index is 4.90. The highest BCUT2D eigenvalue weighted by molar-refractivity contribution is 5.99. The van der Waals surface area contributed by atoms with Gasteiger partial charge >= 0.3 is 0 Å². The summed E-state index contributed by atoms with van der Waals surface area (Å²) in [4.78, 5) is 18.1. The monoisotopic (exact) mass is 540 g/mol. The lowest BCUT2D eigenvalue weighted by Crippen LogP contribution is -2.56. The van der Waals surface area contributed by atoms with Crippen molar-refractivity contribution in [2.24, 2.45) is 0 Å². The van der Waals surface area contributed by atoms with Gasteiger partial charge in [-0.1, -0.05) is 36.2 Å². The van der Waals surface area contributed by atoms with Gasteiger partial charge in [-0.2, -0.15) is 0 Å². The first-order chi connectivity index (χ1) is 19.5. The summed E-state index contributed by atoms with van der Waals surface area (Å²) in [6, 6.07) is 17.0. The summed E-state index contributed by atoms with van der Waals surface area (Å²) >= 11 is 0. The molecule has 0 saturated carbocycles. The molecule has 4 heterocycles. The van der Waals surface area contributed by atoms with Crippen molar-refractivity contribution < 1.29 is 0 Å². The Labute approximate surface area is 241 Å². The van der Waals surface area contributed by atoms with E-state index in [9.17, 15) is 0 Å². The normalized spacial score (nSPS) is 20.9. The van der Waals surface area contributed by atoms with Crippen molar-refractivity contribution in [1.29, 1.82) is 0 Å². The van der Waals surface area contributed by atoms with E-state index in [1.165, 1.54) is 105 Å². The van der Waals surface area contributed by atoms with Gasteiger partial charge in [0.05, 0.1) is 23.1 Å². The summed E-state index contributed by atoms with van der Waals surface area (Å²) in [6.45, 7) is 17.6. The Hall–Kier alpha value is -2.67. The summed E-state index contributed by atoms with van der Waals surface area (Å²) in [5, 5.41) is 1.28. The van der Waals surface area contributed by atoms with Crippen molar-refractivity contribution in [3.63, 3.8) is 0 Å². The Morgan fingerprint density at radius 1 is 0.750 bits per heavy atom. The van der Waals surface area contributed by atoms with Gasteiger partial charge in [0.2, 0.25) is 0 Å². The maximum Gasteiger partial charge on any atom is 0.0839 e. The molecule has 1 aromatic heterocycles. The number of rotatable bonds is 6. The minimum atomic E-state index is 0.702. The van der Waals surface area contributed by atoms with E-state index in [0.717, 1.165) is 24.6 Å². The number of pyridine rings is 1. The van der Waals surface area contributed by atoms with Crippen LogP contribution in [0.5, 0.6) is 0 Å². The minimum Gasteiger partial charge on any atom is -0.369 e. The molecule has 0 N–H and O–H groups in total. The van der Waals surface area contributed by atoms with Crippen molar-refractivity contribution in [2.45, 2.75) is 58.5 Å². The lowest BCUT2D eigenvalue weighted by molar-refractivity contribution is 0.0384. The summed E-state index contributed by atoms with van der Waals surface area (Å²) in [5.41, 5.74) is 7.41. The molecule has 0 aliphatic carbocycles. The summed E-state index contributed by atoms with van der Waals surface area (Å²) < 4.78 is 0. The first kappa shape index (κ1) is 27.5. The predicted molar refractivity (Wildman–Crippen MR) is 169 cm³/mol. The first-order valence-electron chi connectivity index (χ1n) is 15.7. The van der Waals surface area contributed by atoms with E-state index in [1.54, 1.807) is 0 Å². The third-order valence-corrected chi connectivity index (χ3v) is 9.93. The second kappa shape index (κ2) is 12.1. The SMILES string of the molecule is CCN1CCC(N2CCN(C3CCN(c4c(N(C)c5ccc(C)cc5)cnc5ccc(C)cc45)CC3)CC2)CC1. The van der Waals surface area contributed by atoms with Crippen LogP contribution in [0.1, 0.15) is 43.7 Å².